The molecule has 1 atom stereocenters. The van der Waals surface area contributed by atoms with Crippen molar-refractivity contribution in [3.05, 3.63) is 65.2 Å². The van der Waals surface area contributed by atoms with Crippen LogP contribution in [0.25, 0.3) is 0 Å². The molecule has 0 spiro atoms. The van der Waals surface area contributed by atoms with Crippen LogP contribution in [0.4, 0.5) is 0 Å². The van der Waals surface area contributed by atoms with Crippen LogP contribution < -0.4 is 15.4 Å². The number of methoxy groups -OCH3 is 1. The van der Waals surface area contributed by atoms with Crippen molar-refractivity contribution < 1.29 is 4.74 Å². The van der Waals surface area contributed by atoms with E-state index in [4.69, 9.17) is 17.0 Å². The van der Waals surface area contributed by atoms with Gasteiger partial charge in [-0.2, -0.15) is 0 Å². The summed E-state index contributed by atoms with van der Waals surface area (Å²) in [5.74, 6) is 0.857. The number of thiocarbonyl (C=S) groups is 1. The molecule has 0 saturated carbocycles. The molecule has 0 aromatic heterocycles. The fraction of sp³-hybridized carbons (Fsp3) is 0.278. The van der Waals surface area contributed by atoms with Gasteiger partial charge in [-0.3, -0.25) is 0 Å². The van der Waals surface area contributed by atoms with Gasteiger partial charge in [-0.1, -0.05) is 42.0 Å². The first kappa shape index (κ1) is 16.3. The monoisotopic (exact) mass is 314 g/mol. The highest BCUT2D eigenvalue weighted by atomic mass is 32.1. The van der Waals surface area contributed by atoms with Crippen LogP contribution in [0.15, 0.2) is 48.5 Å². The van der Waals surface area contributed by atoms with Crippen molar-refractivity contribution >= 4 is 17.3 Å². The van der Waals surface area contributed by atoms with Crippen molar-refractivity contribution in [2.24, 2.45) is 0 Å². The van der Waals surface area contributed by atoms with Gasteiger partial charge in [-0.15, -0.1) is 0 Å². The van der Waals surface area contributed by atoms with Crippen molar-refractivity contribution in [1.29, 1.82) is 0 Å². The maximum Gasteiger partial charge on any atom is 0.167 e. The lowest BCUT2D eigenvalue weighted by Crippen LogP contribution is -2.36. The fourth-order valence-electron chi connectivity index (χ4n) is 2.11. The van der Waals surface area contributed by atoms with Gasteiger partial charge in [0.1, 0.15) is 5.75 Å². The summed E-state index contributed by atoms with van der Waals surface area (Å²) < 4.78 is 5.17. The molecule has 0 heterocycles. The highest BCUT2D eigenvalue weighted by Gasteiger charge is 2.07. The molecule has 2 rings (SSSR count). The van der Waals surface area contributed by atoms with E-state index in [-0.39, 0.29) is 6.04 Å². The third kappa shape index (κ3) is 4.74. The highest BCUT2D eigenvalue weighted by molar-refractivity contribution is 7.80. The Labute approximate surface area is 137 Å². The Balaban J connectivity index is 1.83. The molecule has 116 valence electrons. The smallest absolute Gasteiger partial charge is 0.167 e. The molecule has 22 heavy (non-hydrogen) atoms. The van der Waals surface area contributed by atoms with E-state index >= 15 is 0 Å². The zero-order valence-electron chi connectivity index (χ0n) is 13.2. The molecular weight excluding hydrogens is 292 g/mol. The van der Waals surface area contributed by atoms with E-state index in [9.17, 15) is 0 Å². The van der Waals surface area contributed by atoms with E-state index in [1.54, 1.807) is 7.11 Å². The molecule has 3 nitrogen and oxygen atoms in total. The molecule has 2 aromatic carbocycles. The predicted octanol–water partition coefficient (Wildman–Crippen LogP) is 3.73. The number of hydrogen-bond donors (Lipinski definition) is 2. The average molecular weight is 314 g/mol. The first-order valence-corrected chi connectivity index (χ1v) is 7.73. The van der Waals surface area contributed by atoms with E-state index in [1.165, 1.54) is 16.7 Å². The quantitative estimate of drug-likeness (QED) is 0.824. The predicted molar refractivity (Wildman–Crippen MR) is 95.2 cm³/mol. The summed E-state index contributed by atoms with van der Waals surface area (Å²) >= 11 is 5.36. The van der Waals surface area contributed by atoms with Crippen molar-refractivity contribution in [1.82, 2.24) is 10.6 Å². The molecule has 0 radical (unpaired) electrons. The normalized spacial score (nSPS) is 11.6. The summed E-state index contributed by atoms with van der Waals surface area (Å²) in [6.07, 6.45) is 0. The number of hydrogen-bond acceptors (Lipinski definition) is 2. The van der Waals surface area contributed by atoms with Crippen LogP contribution >= 0.6 is 12.2 Å². The minimum atomic E-state index is 0.143. The molecular formula is C18H22N2OS. The topological polar surface area (TPSA) is 33.3 Å². The molecule has 0 aliphatic carbocycles. The fourth-order valence-corrected chi connectivity index (χ4v) is 2.36. The Kier molecular flexibility index (Phi) is 5.78. The highest BCUT2D eigenvalue weighted by Crippen LogP contribution is 2.17. The number of nitrogens with one attached hydrogen (secondary N) is 2. The van der Waals surface area contributed by atoms with Crippen LogP contribution in [-0.2, 0) is 6.54 Å². The largest absolute Gasteiger partial charge is 0.497 e. The molecule has 4 heteroatoms. The zero-order valence-corrected chi connectivity index (χ0v) is 14.0. The van der Waals surface area contributed by atoms with Crippen molar-refractivity contribution in [3.8, 4) is 5.75 Å². The van der Waals surface area contributed by atoms with Crippen LogP contribution in [0.2, 0.25) is 0 Å². The molecule has 0 amide bonds. The van der Waals surface area contributed by atoms with E-state index in [0.29, 0.717) is 5.11 Å². The lowest BCUT2D eigenvalue weighted by atomic mass is 10.1. The summed E-state index contributed by atoms with van der Waals surface area (Å²) in [5, 5.41) is 7.19. The maximum absolute atomic E-state index is 5.36. The van der Waals surface area contributed by atoms with Gasteiger partial charge in [-0.05, 0) is 49.3 Å². The van der Waals surface area contributed by atoms with Crippen LogP contribution in [0.3, 0.4) is 0 Å². The zero-order chi connectivity index (χ0) is 15.9. The molecule has 0 bridgehead atoms. The van der Waals surface area contributed by atoms with E-state index < -0.39 is 0 Å². The van der Waals surface area contributed by atoms with Gasteiger partial charge in [0.25, 0.3) is 0 Å². The maximum atomic E-state index is 5.36. The second-order valence-corrected chi connectivity index (χ2v) is 5.72. The summed E-state index contributed by atoms with van der Waals surface area (Å²) in [7, 11) is 1.67. The Hall–Kier alpha value is -2.07. The first-order chi connectivity index (χ1) is 10.6. The van der Waals surface area contributed by atoms with Gasteiger partial charge in [0.05, 0.1) is 13.2 Å². The summed E-state index contributed by atoms with van der Waals surface area (Å²) in [4.78, 5) is 0. The molecule has 2 aromatic rings. The molecule has 0 saturated heterocycles. The van der Waals surface area contributed by atoms with Crippen LogP contribution in [0.1, 0.15) is 29.7 Å². The molecule has 0 fully saturated rings. The average Bonchev–Trinajstić information content (AvgIpc) is 2.54. The number of ether oxygens (including phenoxy) is 1. The summed E-state index contributed by atoms with van der Waals surface area (Å²) in [5.41, 5.74) is 3.64. The van der Waals surface area contributed by atoms with Crippen molar-refractivity contribution in [2.75, 3.05) is 7.11 Å². The second kappa shape index (κ2) is 7.80. The molecule has 2 N–H and O–H groups in total. The van der Waals surface area contributed by atoms with Crippen molar-refractivity contribution in [2.45, 2.75) is 26.4 Å². The van der Waals surface area contributed by atoms with Gasteiger partial charge in [-0.25, -0.2) is 0 Å². The lowest BCUT2D eigenvalue weighted by Gasteiger charge is -2.17. The first-order valence-electron chi connectivity index (χ1n) is 7.32. The summed E-state index contributed by atoms with van der Waals surface area (Å²) in [6.45, 7) is 4.89. The Morgan fingerprint density at radius 1 is 1.09 bits per heavy atom. The minimum Gasteiger partial charge on any atom is -0.497 e. The third-order valence-electron chi connectivity index (χ3n) is 3.54. The number of rotatable bonds is 5. The van der Waals surface area contributed by atoms with E-state index in [1.807, 2.05) is 24.3 Å². The summed E-state index contributed by atoms with van der Waals surface area (Å²) in [6, 6.07) is 16.6. The Morgan fingerprint density at radius 3 is 2.32 bits per heavy atom. The van der Waals surface area contributed by atoms with Gasteiger partial charge in [0.2, 0.25) is 0 Å². The molecule has 0 aliphatic heterocycles. The standard InChI is InChI=1S/C18H22N2OS/c1-13-4-6-15(7-5-13)12-19-18(22)20-14(2)16-8-10-17(21-3)11-9-16/h4-11,14H,12H2,1-3H3,(H2,19,20,22)/t14-/m0/s1. The van der Waals surface area contributed by atoms with E-state index in [0.717, 1.165) is 12.3 Å². The van der Waals surface area contributed by atoms with Gasteiger partial charge < -0.3 is 15.4 Å². The van der Waals surface area contributed by atoms with Gasteiger partial charge in [0, 0.05) is 6.54 Å². The SMILES string of the molecule is COc1ccc([C@H](C)NC(=S)NCc2ccc(C)cc2)cc1. The van der Waals surface area contributed by atoms with Crippen molar-refractivity contribution in [3.63, 3.8) is 0 Å². The lowest BCUT2D eigenvalue weighted by molar-refractivity contribution is 0.414. The van der Waals surface area contributed by atoms with Gasteiger partial charge in [0.15, 0.2) is 5.11 Å². The number of benzene rings is 2. The Morgan fingerprint density at radius 2 is 1.73 bits per heavy atom. The van der Waals surface area contributed by atoms with Gasteiger partial charge >= 0.3 is 0 Å². The molecule has 0 unspecified atom stereocenters. The van der Waals surface area contributed by atoms with Crippen LogP contribution in [0.5, 0.6) is 5.75 Å². The van der Waals surface area contributed by atoms with Crippen LogP contribution in [-0.4, -0.2) is 12.2 Å². The third-order valence-corrected chi connectivity index (χ3v) is 3.80. The minimum absolute atomic E-state index is 0.143. The van der Waals surface area contributed by atoms with E-state index in [2.05, 4.69) is 48.7 Å². The van der Waals surface area contributed by atoms with Crippen LogP contribution in [0, 0.1) is 6.92 Å². The Bertz CT molecular complexity index is 608. The molecule has 0 aliphatic rings. The number of aryl methyl sites for hydroxylation is 1. The second-order valence-electron chi connectivity index (χ2n) is 5.31.